The van der Waals surface area contributed by atoms with E-state index in [1.165, 1.54) is 70.5 Å². The maximum atomic E-state index is 14.8. The molecule has 0 aromatic carbocycles. The molecule has 3 aromatic heterocycles. The number of nitrogens with zero attached hydrogens (tertiary/aromatic N) is 18. The number of aryl methyl sites for hydroxylation is 1. The van der Waals surface area contributed by atoms with Crippen molar-refractivity contribution in [1.82, 2.24) is 99.7 Å². The van der Waals surface area contributed by atoms with Gasteiger partial charge in [-0.15, -0.1) is 15.3 Å². The van der Waals surface area contributed by atoms with Crippen molar-refractivity contribution in [2.24, 2.45) is 5.92 Å². The number of nitrogens with one attached hydrogen (secondary N) is 2. The van der Waals surface area contributed by atoms with E-state index in [2.05, 4.69) is 41.6 Å². The van der Waals surface area contributed by atoms with Crippen LogP contribution in [0.25, 0.3) is 0 Å². The summed E-state index contributed by atoms with van der Waals surface area (Å²) in [6.07, 6.45) is 10.9. The molecule has 2 N–H and O–H groups in total. The Morgan fingerprint density at radius 1 is 0.383 bits per heavy atom. The SMILES string of the molecule is C.C.O=CCC[C@@H]1C[C@H]2C(=O)N3CCC[C@H]3C(=O)N3CCC[C@H]3C(=O)NCc3cn(nn3)CC(=O)N3C[C@H](OCC=O)C[C@H]3C(=O)N3CCC[C@H]3C(=O)N3CCC[C@H]3C(=O)NCc3cn(nn3)CC(=O)N3C[C@H](OCC=O)C[C@H]3C(=O)N3CCC[C@H]3C(=O)N3CCC[C@H]3C(=O)CCc3cn(nn3)CC(=O)N2C1. The molecule has 0 radical (unpaired) electrons. The van der Waals surface area contributed by atoms with E-state index in [0.29, 0.717) is 102 Å². The second-order valence-electron chi connectivity index (χ2n) is 29.0. The molecular weight excluding hydrogens is 1390 g/mol. The summed E-state index contributed by atoms with van der Waals surface area (Å²) in [5.41, 5.74) is 0.936. The molecule has 13 heterocycles. The fourth-order valence-corrected chi connectivity index (χ4v) is 17.4. The Morgan fingerprint density at radius 2 is 0.720 bits per heavy atom. The van der Waals surface area contributed by atoms with Gasteiger partial charge in [-0.2, -0.15) is 0 Å². The molecule has 37 nitrogen and oxygen atoms in total. The first-order chi connectivity index (χ1) is 50.9. The monoisotopic (exact) mass is 1490 g/mol. The van der Waals surface area contributed by atoms with Gasteiger partial charge in [0.15, 0.2) is 5.78 Å². The van der Waals surface area contributed by atoms with Crippen LogP contribution in [-0.4, -0.2) is 317 Å². The molecule has 12 atom stereocenters. The largest absolute Gasteiger partial charge is 0.369 e. The molecule has 9 fully saturated rings. The molecule has 10 aliphatic heterocycles. The molecule has 0 aliphatic carbocycles. The molecule has 3 aromatic rings. The smallest absolute Gasteiger partial charge is 0.246 e. The summed E-state index contributed by atoms with van der Waals surface area (Å²) in [6.45, 7) is -0.513. The first-order valence-electron chi connectivity index (χ1n) is 36.9. The van der Waals surface area contributed by atoms with Crippen molar-refractivity contribution in [2.75, 3.05) is 72.1 Å². The minimum absolute atomic E-state index is 0. The highest BCUT2D eigenvalue weighted by Crippen LogP contribution is 2.35. The van der Waals surface area contributed by atoms with Crippen LogP contribution >= 0.6 is 0 Å². The van der Waals surface area contributed by atoms with Crippen molar-refractivity contribution in [1.29, 1.82) is 0 Å². The number of ether oxygens (including phenoxy) is 2. The van der Waals surface area contributed by atoms with Crippen LogP contribution in [0.2, 0.25) is 0 Å². The summed E-state index contributed by atoms with van der Waals surface area (Å²) < 4.78 is 15.4. The molecule has 11 amide bonds. The zero-order chi connectivity index (χ0) is 73.6. The van der Waals surface area contributed by atoms with Crippen molar-refractivity contribution >= 4 is 89.6 Å². The fraction of sp³-hybridized carbons (Fsp3) is 0.700. The number of aldehydes is 3. The number of carbonyl (C=O) groups is 15. The van der Waals surface area contributed by atoms with Crippen molar-refractivity contribution in [2.45, 2.75) is 236 Å². The Kier molecular flexibility index (Phi) is 25.5. The van der Waals surface area contributed by atoms with Crippen LogP contribution < -0.4 is 10.6 Å². The van der Waals surface area contributed by atoms with Crippen molar-refractivity contribution < 1.29 is 81.4 Å². The highest BCUT2D eigenvalue weighted by molar-refractivity contribution is 5.98. The fourth-order valence-electron chi connectivity index (χ4n) is 17.4. The third-order valence-electron chi connectivity index (χ3n) is 22.4. The van der Waals surface area contributed by atoms with Gasteiger partial charge in [-0.3, -0.25) is 57.5 Å². The van der Waals surface area contributed by atoms with E-state index in [1.54, 1.807) is 6.20 Å². The Balaban J connectivity index is 0.00000570. The van der Waals surface area contributed by atoms with Crippen LogP contribution in [0.15, 0.2) is 18.6 Å². The number of amides is 11. The number of hydrogen-bond donors (Lipinski definition) is 2. The zero-order valence-electron chi connectivity index (χ0n) is 58.6. The highest BCUT2D eigenvalue weighted by Gasteiger charge is 2.52. The summed E-state index contributed by atoms with van der Waals surface area (Å²) in [4.78, 5) is 221. The van der Waals surface area contributed by atoms with E-state index in [1.807, 2.05) is 0 Å². The van der Waals surface area contributed by atoms with Crippen LogP contribution in [-0.2, 0) is 121 Å². The second-order valence-corrected chi connectivity index (χ2v) is 29.0. The lowest BCUT2D eigenvalue weighted by atomic mass is 9.99. The van der Waals surface area contributed by atoms with E-state index in [-0.39, 0.29) is 175 Å². The standard InChI is InChI=1S/C68H90N20O17.2CH4/c89-23-7-8-42-28-54-66(101)83-20-5-13-52(83)64(99)81-18-2-10-49(81)61(96)69-31-44-36-79(76-72-44)41-60(95)88-38-47(105-27-25-91)30-56(88)68(103)85-22-6-14-53(85)65(100)82-19-3-11-50(82)62(97)70-32-45-35-78(75-73-45)40-59(94)87-37-46(104-26-24-90)29-55(87)67(102)84-21-4-12-51(84)63(98)80-17-1-9-48(80)57(92)16-15-43-34-77(74-71-43)39-58(93)86(54)33-42;;/h23-25,34-36,42,46-56H,1-22,26-33,37-41H2,(H,69,96)(H,70,97);2*1H4/t42-,46-,47-,48+,49+,50+,51+,52+,53+,54+,55+,56+;;/m1../s1. The number of fused-ring (bicyclic) bond motifs is 15. The van der Waals surface area contributed by atoms with Crippen molar-refractivity contribution in [3.8, 4) is 0 Å². The molecular formula is C70H98N20O17. The lowest BCUT2D eigenvalue weighted by Crippen LogP contribution is -2.56. The van der Waals surface area contributed by atoms with Crippen molar-refractivity contribution in [3.63, 3.8) is 0 Å². The summed E-state index contributed by atoms with van der Waals surface area (Å²) in [5.74, 6) is -5.60. The number of Topliss-reactive ketones (excluding diaryl/α,β-unsaturated/α-hetero) is 1. The van der Waals surface area contributed by atoms with Crippen LogP contribution in [0.5, 0.6) is 0 Å². The van der Waals surface area contributed by atoms with Crippen LogP contribution in [0.1, 0.15) is 148 Å². The predicted molar refractivity (Wildman–Crippen MR) is 370 cm³/mol. The van der Waals surface area contributed by atoms with Gasteiger partial charge >= 0.3 is 0 Å². The summed E-state index contributed by atoms with van der Waals surface area (Å²) >= 11 is 0. The lowest BCUT2D eigenvalue weighted by Gasteiger charge is -2.34. The minimum Gasteiger partial charge on any atom is -0.369 e. The van der Waals surface area contributed by atoms with Gasteiger partial charge in [-0.1, -0.05) is 30.5 Å². The van der Waals surface area contributed by atoms with Crippen LogP contribution in [0.3, 0.4) is 0 Å². The van der Waals surface area contributed by atoms with Crippen molar-refractivity contribution in [3.05, 3.63) is 35.7 Å². The summed E-state index contributed by atoms with van der Waals surface area (Å²) in [7, 11) is 0. The zero-order valence-corrected chi connectivity index (χ0v) is 58.6. The van der Waals surface area contributed by atoms with Crippen LogP contribution in [0, 0.1) is 5.92 Å². The van der Waals surface area contributed by atoms with Gasteiger partial charge in [-0.05, 0) is 95.8 Å². The molecule has 107 heavy (non-hydrogen) atoms. The van der Waals surface area contributed by atoms with Gasteiger partial charge in [0.1, 0.15) is 111 Å². The Morgan fingerprint density at radius 3 is 1.12 bits per heavy atom. The number of hydrogen-bond acceptors (Lipinski definition) is 23. The van der Waals surface area contributed by atoms with Gasteiger partial charge < -0.3 is 78.6 Å². The molecule has 10 aliphatic rings. The molecule has 6 bridgehead atoms. The molecule has 580 valence electrons. The van der Waals surface area contributed by atoms with Gasteiger partial charge in [0, 0.05) is 97.2 Å². The summed E-state index contributed by atoms with van der Waals surface area (Å²) in [5, 5.41) is 30.8. The topological polar surface area (TPSA) is 420 Å². The quantitative estimate of drug-likeness (QED) is 0.207. The number of ketones is 1. The lowest BCUT2D eigenvalue weighted by molar-refractivity contribution is -0.150. The maximum absolute atomic E-state index is 14.8. The van der Waals surface area contributed by atoms with E-state index in [0.717, 1.165) is 6.29 Å². The van der Waals surface area contributed by atoms with E-state index in [4.69, 9.17) is 9.47 Å². The Hall–Kier alpha value is -9.81. The maximum Gasteiger partial charge on any atom is 0.246 e. The van der Waals surface area contributed by atoms with Gasteiger partial charge in [0.05, 0.1) is 49.4 Å². The Bertz CT molecular complexity index is 3460. The predicted octanol–water partition coefficient (Wildman–Crippen LogP) is -2.61. The first kappa shape index (κ1) is 78.3. The molecule has 9 saturated heterocycles. The molecule has 0 unspecified atom stereocenters. The molecule has 0 saturated carbocycles. The van der Waals surface area contributed by atoms with Gasteiger partial charge in [0.2, 0.25) is 65.0 Å². The third kappa shape index (κ3) is 17.0. The Labute approximate surface area is 618 Å². The second kappa shape index (κ2) is 34.8. The van der Waals surface area contributed by atoms with E-state index < -0.39 is 138 Å². The van der Waals surface area contributed by atoms with Crippen LogP contribution in [0.4, 0.5) is 0 Å². The average molecular weight is 1490 g/mol. The minimum atomic E-state index is -1.10. The molecule has 0 spiro atoms. The third-order valence-corrected chi connectivity index (χ3v) is 22.4. The van der Waals surface area contributed by atoms with E-state index >= 15 is 0 Å². The molecule has 37 heteroatoms. The normalized spacial score (nSPS) is 29.3. The number of aromatic nitrogens is 9. The molecule has 13 rings (SSSR count). The number of carbonyl (C=O) groups excluding carboxylic acids is 15. The average Bonchev–Trinajstić information content (AvgIpc) is 1.66. The number of rotatable bonds is 9. The van der Waals surface area contributed by atoms with Gasteiger partial charge in [-0.25, -0.2) is 14.0 Å². The van der Waals surface area contributed by atoms with E-state index in [9.17, 15) is 71.9 Å². The highest BCUT2D eigenvalue weighted by atomic mass is 16.5. The summed E-state index contributed by atoms with van der Waals surface area (Å²) in [6, 6.07) is -8.57. The van der Waals surface area contributed by atoms with Gasteiger partial charge in [0.25, 0.3) is 0 Å². The first-order valence-corrected chi connectivity index (χ1v) is 36.9.